The van der Waals surface area contributed by atoms with Gasteiger partial charge in [0.1, 0.15) is 5.75 Å². The molecule has 0 fully saturated rings. The second-order valence-corrected chi connectivity index (χ2v) is 5.10. The minimum absolute atomic E-state index is 0.313. The number of amides is 1. The van der Waals surface area contributed by atoms with E-state index in [2.05, 4.69) is 26.5 Å². The van der Waals surface area contributed by atoms with Gasteiger partial charge in [0.25, 0.3) is 5.91 Å². The van der Waals surface area contributed by atoms with Gasteiger partial charge in [0.2, 0.25) is 0 Å². The van der Waals surface area contributed by atoms with E-state index in [9.17, 15) is 4.79 Å². The van der Waals surface area contributed by atoms with Gasteiger partial charge in [-0.1, -0.05) is 46.3 Å². The minimum atomic E-state index is -0.313. The lowest BCUT2D eigenvalue weighted by Crippen LogP contribution is -2.18. The Hall–Kier alpha value is -2.14. The van der Waals surface area contributed by atoms with Crippen molar-refractivity contribution in [2.75, 3.05) is 6.61 Å². The Balaban J connectivity index is 2.09. The third-order valence-corrected chi connectivity index (χ3v) is 3.16. The van der Waals surface area contributed by atoms with E-state index in [1.165, 1.54) is 0 Å². The van der Waals surface area contributed by atoms with E-state index < -0.39 is 0 Å². The minimum Gasteiger partial charge on any atom is -0.493 e. The molecule has 0 atom stereocenters. The van der Waals surface area contributed by atoms with Crippen LogP contribution >= 0.6 is 15.9 Å². The van der Waals surface area contributed by atoms with Crippen molar-refractivity contribution in [3.8, 4) is 5.75 Å². The van der Waals surface area contributed by atoms with Crippen LogP contribution in [0.5, 0.6) is 5.75 Å². The van der Waals surface area contributed by atoms with Gasteiger partial charge in [-0.15, -0.1) is 0 Å². The Morgan fingerprint density at radius 3 is 2.76 bits per heavy atom. The van der Waals surface area contributed by atoms with Crippen molar-refractivity contribution in [2.45, 2.75) is 6.92 Å². The zero-order valence-electron chi connectivity index (χ0n) is 11.5. The van der Waals surface area contributed by atoms with Crippen LogP contribution in [0.4, 0.5) is 0 Å². The van der Waals surface area contributed by atoms with Crippen LogP contribution in [0, 0.1) is 0 Å². The van der Waals surface area contributed by atoms with Gasteiger partial charge < -0.3 is 4.74 Å². The molecule has 1 N–H and O–H groups in total. The number of ether oxygens (including phenoxy) is 1. The Labute approximate surface area is 132 Å². The number of nitrogens with one attached hydrogen (secondary N) is 1. The van der Waals surface area contributed by atoms with Crippen molar-refractivity contribution in [1.82, 2.24) is 5.43 Å². The molecule has 0 spiro atoms. The van der Waals surface area contributed by atoms with Gasteiger partial charge in [-0.3, -0.25) is 4.79 Å². The predicted molar refractivity (Wildman–Crippen MR) is 86.8 cm³/mol. The summed E-state index contributed by atoms with van der Waals surface area (Å²) in [6.45, 7) is 2.37. The molecule has 0 unspecified atom stereocenters. The Bertz CT molecular complexity index is 642. The first-order valence-electron chi connectivity index (χ1n) is 6.51. The molecule has 0 aliphatic carbocycles. The molecule has 108 valence electrons. The van der Waals surface area contributed by atoms with E-state index in [1.54, 1.807) is 18.3 Å². The van der Waals surface area contributed by atoms with Crippen molar-refractivity contribution in [3.63, 3.8) is 0 Å². The molecule has 0 aromatic heterocycles. The fourth-order valence-electron chi connectivity index (χ4n) is 1.73. The number of hydrogen-bond donors (Lipinski definition) is 1. The molecule has 0 aliphatic rings. The molecule has 2 aromatic carbocycles. The summed E-state index contributed by atoms with van der Waals surface area (Å²) in [5, 5.41) is 3.95. The number of carbonyl (C=O) groups is 1. The van der Waals surface area contributed by atoms with E-state index >= 15 is 0 Å². The molecule has 0 radical (unpaired) electrons. The topological polar surface area (TPSA) is 50.7 Å². The molecule has 0 heterocycles. The van der Waals surface area contributed by atoms with Crippen LogP contribution in [0.2, 0.25) is 0 Å². The second kappa shape index (κ2) is 7.59. The van der Waals surface area contributed by atoms with Gasteiger partial charge >= 0.3 is 0 Å². The molecular weight excluding hydrogens is 332 g/mol. The van der Waals surface area contributed by atoms with Crippen molar-refractivity contribution in [3.05, 3.63) is 64.1 Å². The zero-order chi connectivity index (χ0) is 15.1. The third-order valence-electron chi connectivity index (χ3n) is 2.67. The van der Waals surface area contributed by atoms with Gasteiger partial charge in [0, 0.05) is 4.47 Å². The molecule has 5 heteroatoms. The summed E-state index contributed by atoms with van der Waals surface area (Å²) in [6, 6.07) is 14.8. The van der Waals surface area contributed by atoms with Crippen LogP contribution in [-0.4, -0.2) is 18.7 Å². The van der Waals surface area contributed by atoms with Gasteiger partial charge in [-0.2, -0.15) is 5.10 Å². The molecule has 2 rings (SSSR count). The first-order chi connectivity index (χ1) is 10.2. The number of hydrogen-bond acceptors (Lipinski definition) is 3. The lowest BCUT2D eigenvalue weighted by Gasteiger charge is -2.09. The normalized spacial score (nSPS) is 10.6. The van der Waals surface area contributed by atoms with Crippen LogP contribution < -0.4 is 10.2 Å². The fraction of sp³-hybridized carbons (Fsp3) is 0.125. The molecule has 2 aromatic rings. The molecule has 21 heavy (non-hydrogen) atoms. The smallest absolute Gasteiger partial charge is 0.275 e. The van der Waals surface area contributed by atoms with Crippen LogP contribution in [-0.2, 0) is 0 Å². The Morgan fingerprint density at radius 1 is 1.29 bits per heavy atom. The van der Waals surface area contributed by atoms with E-state index in [4.69, 9.17) is 4.74 Å². The summed E-state index contributed by atoms with van der Waals surface area (Å²) in [7, 11) is 0. The second-order valence-electron chi connectivity index (χ2n) is 4.18. The van der Waals surface area contributed by atoms with Crippen LogP contribution in [0.3, 0.4) is 0 Å². The molecule has 4 nitrogen and oxygen atoms in total. The average Bonchev–Trinajstić information content (AvgIpc) is 2.50. The molecule has 0 aliphatic heterocycles. The average molecular weight is 347 g/mol. The van der Waals surface area contributed by atoms with Crippen molar-refractivity contribution in [2.24, 2.45) is 5.10 Å². The first kappa shape index (κ1) is 15.3. The van der Waals surface area contributed by atoms with E-state index in [1.807, 2.05) is 43.3 Å². The van der Waals surface area contributed by atoms with Gasteiger partial charge in [-0.25, -0.2) is 5.43 Å². The quantitative estimate of drug-likeness (QED) is 0.664. The summed E-state index contributed by atoms with van der Waals surface area (Å²) >= 11 is 3.35. The highest BCUT2D eigenvalue weighted by Gasteiger charge is 2.12. The maximum Gasteiger partial charge on any atom is 0.275 e. The van der Waals surface area contributed by atoms with Crippen LogP contribution in [0.1, 0.15) is 22.8 Å². The SMILES string of the molecule is CCOc1ccc(Br)cc1C(=O)N/N=C/c1ccccc1. The first-order valence-corrected chi connectivity index (χ1v) is 7.31. The highest BCUT2D eigenvalue weighted by molar-refractivity contribution is 9.10. The highest BCUT2D eigenvalue weighted by Crippen LogP contribution is 2.23. The van der Waals surface area contributed by atoms with E-state index in [0.717, 1.165) is 10.0 Å². The monoisotopic (exact) mass is 346 g/mol. The summed E-state index contributed by atoms with van der Waals surface area (Å²) in [6.07, 6.45) is 1.59. The van der Waals surface area contributed by atoms with E-state index in [-0.39, 0.29) is 5.91 Å². The summed E-state index contributed by atoms with van der Waals surface area (Å²) in [4.78, 5) is 12.2. The standard InChI is InChI=1S/C16H15BrN2O2/c1-2-21-15-9-8-13(17)10-14(15)16(20)19-18-11-12-6-4-3-5-7-12/h3-11H,2H2,1H3,(H,19,20)/b18-11+. The highest BCUT2D eigenvalue weighted by atomic mass is 79.9. The van der Waals surface area contributed by atoms with Crippen LogP contribution in [0.25, 0.3) is 0 Å². The zero-order valence-corrected chi connectivity index (χ0v) is 13.1. The van der Waals surface area contributed by atoms with Gasteiger partial charge in [0.15, 0.2) is 0 Å². The number of nitrogens with zero attached hydrogens (tertiary/aromatic N) is 1. The molecular formula is C16H15BrN2O2. The summed E-state index contributed by atoms with van der Waals surface area (Å²) in [5.41, 5.74) is 3.86. The molecule has 0 saturated heterocycles. The number of benzene rings is 2. The predicted octanol–water partition coefficient (Wildman–Crippen LogP) is 3.61. The Kier molecular flexibility index (Phi) is 5.51. The lowest BCUT2D eigenvalue weighted by molar-refractivity contribution is 0.0951. The number of hydrazone groups is 1. The largest absolute Gasteiger partial charge is 0.493 e. The summed E-state index contributed by atoms with van der Waals surface area (Å²) < 4.78 is 6.25. The summed E-state index contributed by atoms with van der Waals surface area (Å²) in [5.74, 6) is 0.222. The van der Waals surface area contributed by atoms with Gasteiger partial charge in [-0.05, 0) is 30.7 Å². The number of carbonyl (C=O) groups excluding carboxylic acids is 1. The molecule has 0 saturated carbocycles. The van der Waals surface area contributed by atoms with Crippen molar-refractivity contribution in [1.29, 1.82) is 0 Å². The number of rotatable bonds is 5. The Morgan fingerprint density at radius 2 is 2.05 bits per heavy atom. The molecule has 1 amide bonds. The van der Waals surface area contributed by atoms with E-state index in [0.29, 0.717) is 17.9 Å². The van der Waals surface area contributed by atoms with Crippen molar-refractivity contribution >= 4 is 28.1 Å². The fourth-order valence-corrected chi connectivity index (χ4v) is 2.09. The van der Waals surface area contributed by atoms with Crippen LogP contribution in [0.15, 0.2) is 58.1 Å². The number of halogens is 1. The van der Waals surface area contributed by atoms with Gasteiger partial charge in [0.05, 0.1) is 18.4 Å². The third kappa shape index (κ3) is 4.43. The maximum atomic E-state index is 12.2. The molecule has 0 bridgehead atoms. The maximum absolute atomic E-state index is 12.2. The lowest BCUT2D eigenvalue weighted by atomic mass is 10.2. The van der Waals surface area contributed by atoms with Crippen molar-refractivity contribution < 1.29 is 9.53 Å².